The molecule has 102 valence electrons. The van der Waals surface area contributed by atoms with Gasteiger partial charge in [0.15, 0.2) is 0 Å². The first kappa shape index (κ1) is 12.3. The normalized spacial score (nSPS) is 10.8. The Hall–Kier alpha value is -2.69. The van der Waals surface area contributed by atoms with E-state index in [1.54, 1.807) is 0 Å². The fourth-order valence-electron chi connectivity index (χ4n) is 2.20. The first-order chi connectivity index (χ1) is 9.63. The molecule has 0 bridgehead atoms. The van der Waals surface area contributed by atoms with Crippen LogP contribution in [0.2, 0.25) is 0 Å². The van der Waals surface area contributed by atoms with Gasteiger partial charge in [0.25, 0.3) is 0 Å². The summed E-state index contributed by atoms with van der Waals surface area (Å²) in [4.78, 5) is 16.6. The van der Waals surface area contributed by atoms with Crippen molar-refractivity contribution in [3.63, 3.8) is 0 Å². The fourth-order valence-corrected chi connectivity index (χ4v) is 2.20. The molecular formula is C15H15N3O2. The van der Waals surface area contributed by atoms with E-state index in [2.05, 4.69) is 15.3 Å². The summed E-state index contributed by atoms with van der Waals surface area (Å²) >= 11 is 0. The van der Waals surface area contributed by atoms with Gasteiger partial charge in [-0.3, -0.25) is 0 Å². The van der Waals surface area contributed by atoms with E-state index in [-0.39, 0.29) is 5.69 Å². The van der Waals surface area contributed by atoms with Gasteiger partial charge in [-0.25, -0.2) is 4.79 Å². The van der Waals surface area contributed by atoms with Crippen molar-refractivity contribution in [1.82, 2.24) is 9.97 Å². The Kier molecular flexibility index (Phi) is 2.95. The van der Waals surface area contributed by atoms with Crippen molar-refractivity contribution in [1.29, 1.82) is 0 Å². The van der Waals surface area contributed by atoms with E-state index in [1.807, 2.05) is 43.3 Å². The number of para-hydroxylation sites is 1. The van der Waals surface area contributed by atoms with Crippen LogP contribution in [0.25, 0.3) is 11.0 Å². The van der Waals surface area contributed by atoms with Crippen molar-refractivity contribution in [2.75, 3.05) is 5.32 Å². The topological polar surface area (TPSA) is 80.9 Å². The molecule has 0 aliphatic rings. The summed E-state index contributed by atoms with van der Waals surface area (Å²) in [5.41, 5.74) is 3.90. The van der Waals surface area contributed by atoms with E-state index < -0.39 is 0 Å². The average molecular weight is 269 g/mol. The van der Waals surface area contributed by atoms with Gasteiger partial charge in [-0.1, -0.05) is 18.2 Å². The van der Waals surface area contributed by atoms with Crippen LogP contribution in [0, 0.1) is 6.92 Å². The lowest BCUT2D eigenvalue weighted by Crippen LogP contribution is -2.00. The second-order valence-corrected chi connectivity index (χ2v) is 4.78. The number of aromatic nitrogens is 2. The Morgan fingerprint density at radius 2 is 1.95 bits per heavy atom. The van der Waals surface area contributed by atoms with Crippen LogP contribution in [0.1, 0.15) is 11.1 Å². The maximum absolute atomic E-state index is 11.2. The summed E-state index contributed by atoms with van der Waals surface area (Å²) in [6.07, 6.45) is 0. The van der Waals surface area contributed by atoms with Crippen molar-refractivity contribution >= 4 is 16.7 Å². The van der Waals surface area contributed by atoms with Crippen molar-refractivity contribution in [3.8, 4) is 5.75 Å². The summed E-state index contributed by atoms with van der Waals surface area (Å²) in [5, 5.41) is 13.2. The molecule has 20 heavy (non-hydrogen) atoms. The maximum Gasteiger partial charge on any atom is 0.323 e. The third-order valence-corrected chi connectivity index (χ3v) is 3.32. The number of nitrogens with one attached hydrogen (secondary N) is 3. The average Bonchev–Trinajstić information content (AvgIpc) is 2.79. The van der Waals surface area contributed by atoms with Crippen molar-refractivity contribution < 1.29 is 5.11 Å². The number of aromatic amines is 2. The molecule has 1 aromatic heterocycles. The third kappa shape index (κ3) is 2.25. The Morgan fingerprint density at radius 3 is 2.80 bits per heavy atom. The van der Waals surface area contributed by atoms with Crippen LogP contribution in [0.15, 0.2) is 41.2 Å². The standard InChI is InChI=1S/C15H15N3O2/c1-9-3-2-4-10(14(9)19)8-16-11-5-6-12-13(7-11)18-15(20)17-12/h2-7,16,19H,8H2,1H3,(H2,17,18,20). The lowest BCUT2D eigenvalue weighted by Gasteiger charge is -2.09. The lowest BCUT2D eigenvalue weighted by atomic mass is 10.1. The number of H-pyrrole nitrogens is 2. The molecule has 0 atom stereocenters. The Bertz CT molecular complexity index is 817. The molecule has 5 heteroatoms. The molecule has 0 aliphatic heterocycles. The molecule has 3 aromatic rings. The third-order valence-electron chi connectivity index (χ3n) is 3.32. The van der Waals surface area contributed by atoms with Crippen LogP contribution < -0.4 is 11.0 Å². The molecule has 3 rings (SSSR count). The minimum absolute atomic E-state index is 0.214. The SMILES string of the molecule is Cc1cccc(CNc2ccc3[nH]c(=O)[nH]c3c2)c1O. The minimum Gasteiger partial charge on any atom is -0.507 e. The van der Waals surface area contributed by atoms with Crippen molar-refractivity contribution in [2.24, 2.45) is 0 Å². The van der Waals surface area contributed by atoms with Crippen LogP contribution in [0.5, 0.6) is 5.75 Å². The predicted octanol–water partition coefficient (Wildman–Crippen LogP) is 2.48. The van der Waals surface area contributed by atoms with Crippen LogP contribution in [0.3, 0.4) is 0 Å². The van der Waals surface area contributed by atoms with Gasteiger partial charge < -0.3 is 20.4 Å². The molecule has 0 saturated carbocycles. The molecule has 0 unspecified atom stereocenters. The molecule has 5 nitrogen and oxygen atoms in total. The number of phenolic OH excluding ortho intramolecular Hbond substituents is 1. The van der Waals surface area contributed by atoms with Crippen LogP contribution in [0.4, 0.5) is 5.69 Å². The number of rotatable bonds is 3. The molecule has 0 aliphatic carbocycles. The largest absolute Gasteiger partial charge is 0.507 e. The molecule has 0 radical (unpaired) electrons. The zero-order valence-electron chi connectivity index (χ0n) is 11.0. The Morgan fingerprint density at radius 1 is 1.15 bits per heavy atom. The summed E-state index contributed by atoms with van der Waals surface area (Å²) < 4.78 is 0. The number of aromatic hydroxyl groups is 1. The quantitative estimate of drug-likeness (QED) is 0.589. The predicted molar refractivity (Wildman–Crippen MR) is 79.1 cm³/mol. The number of aryl methyl sites for hydroxylation is 1. The first-order valence-corrected chi connectivity index (χ1v) is 6.37. The van der Waals surface area contributed by atoms with E-state index in [4.69, 9.17) is 0 Å². The zero-order chi connectivity index (χ0) is 14.1. The number of hydrogen-bond donors (Lipinski definition) is 4. The van der Waals surface area contributed by atoms with Gasteiger partial charge in [-0.15, -0.1) is 0 Å². The second-order valence-electron chi connectivity index (χ2n) is 4.78. The molecule has 0 amide bonds. The summed E-state index contributed by atoms with van der Waals surface area (Å²) in [6, 6.07) is 11.3. The Balaban J connectivity index is 1.82. The van der Waals surface area contributed by atoms with E-state index in [1.165, 1.54) is 0 Å². The maximum atomic E-state index is 11.2. The van der Waals surface area contributed by atoms with Crippen molar-refractivity contribution in [2.45, 2.75) is 13.5 Å². The van der Waals surface area contributed by atoms with Gasteiger partial charge in [0.1, 0.15) is 5.75 Å². The number of hydrogen-bond acceptors (Lipinski definition) is 3. The van der Waals surface area contributed by atoms with E-state index in [0.717, 1.165) is 27.8 Å². The highest BCUT2D eigenvalue weighted by Gasteiger charge is 2.04. The molecule has 1 heterocycles. The molecule has 2 aromatic carbocycles. The number of anilines is 1. The van der Waals surface area contributed by atoms with Crippen LogP contribution in [-0.2, 0) is 6.54 Å². The highest BCUT2D eigenvalue weighted by atomic mass is 16.3. The van der Waals surface area contributed by atoms with E-state index >= 15 is 0 Å². The fraction of sp³-hybridized carbons (Fsp3) is 0.133. The van der Waals surface area contributed by atoms with Gasteiger partial charge in [0.2, 0.25) is 0 Å². The van der Waals surface area contributed by atoms with Crippen LogP contribution >= 0.6 is 0 Å². The summed E-state index contributed by atoms with van der Waals surface area (Å²) in [5.74, 6) is 0.316. The highest BCUT2D eigenvalue weighted by molar-refractivity contribution is 5.78. The van der Waals surface area contributed by atoms with Gasteiger partial charge in [-0.2, -0.15) is 0 Å². The number of benzene rings is 2. The zero-order valence-corrected chi connectivity index (χ0v) is 11.0. The van der Waals surface area contributed by atoms with Gasteiger partial charge in [-0.05, 0) is 30.7 Å². The Labute approximate surface area is 115 Å². The van der Waals surface area contributed by atoms with Gasteiger partial charge in [0.05, 0.1) is 11.0 Å². The van der Waals surface area contributed by atoms with Gasteiger partial charge in [0, 0.05) is 17.8 Å². The number of imidazole rings is 1. The molecule has 0 fully saturated rings. The van der Waals surface area contributed by atoms with Gasteiger partial charge >= 0.3 is 5.69 Å². The smallest absolute Gasteiger partial charge is 0.323 e. The molecule has 0 spiro atoms. The number of fused-ring (bicyclic) bond motifs is 1. The van der Waals surface area contributed by atoms with E-state index in [0.29, 0.717) is 12.3 Å². The number of phenols is 1. The molecular weight excluding hydrogens is 254 g/mol. The molecule has 4 N–H and O–H groups in total. The monoisotopic (exact) mass is 269 g/mol. The summed E-state index contributed by atoms with van der Waals surface area (Å²) in [7, 11) is 0. The minimum atomic E-state index is -0.214. The second kappa shape index (κ2) is 4.77. The lowest BCUT2D eigenvalue weighted by molar-refractivity contribution is 0.465. The van der Waals surface area contributed by atoms with Crippen LogP contribution in [-0.4, -0.2) is 15.1 Å². The van der Waals surface area contributed by atoms with E-state index in [9.17, 15) is 9.90 Å². The first-order valence-electron chi connectivity index (χ1n) is 6.37. The summed E-state index contributed by atoms with van der Waals surface area (Å²) in [6.45, 7) is 2.39. The molecule has 0 saturated heterocycles. The highest BCUT2D eigenvalue weighted by Crippen LogP contribution is 2.23. The van der Waals surface area contributed by atoms with Crippen molar-refractivity contribution in [3.05, 3.63) is 58.0 Å².